The highest BCUT2D eigenvalue weighted by Gasteiger charge is 2.35. The number of hydrogen-bond acceptors (Lipinski definition) is 5. The first-order valence-electron chi connectivity index (χ1n) is 8.94. The molecule has 7 heteroatoms. The molecule has 0 aliphatic carbocycles. The van der Waals surface area contributed by atoms with E-state index in [1.54, 1.807) is 44.4 Å². The minimum absolute atomic E-state index is 0.0857. The summed E-state index contributed by atoms with van der Waals surface area (Å²) in [7, 11) is 4.68. The van der Waals surface area contributed by atoms with Gasteiger partial charge in [-0.3, -0.25) is 9.59 Å². The van der Waals surface area contributed by atoms with Crippen LogP contribution >= 0.6 is 0 Å². The maximum Gasteiger partial charge on any atom is 0.229 e. The topological polar surface area (TPSA) is 77.1 Å². The van der Waals surface area contributed by atoms with Crippen LogP contribution in [-0.2, 0) is 9.59 Å². The van der Waals surface area contributed by atoms with E-state index in [0.29, 0.717) is 29.5 Å². The molecule has 28 heavy (non-hydrogen) atoms. The van der Waals surface area contributed by atoms with Crippen LogP contribution in [0.5, 0.6) is 17.2 Å². The summed E-state index contributed by atoms with van der Waals surface area (Å²) in [5, 5.41) is 2.92. The van der Waals surface area contributed by atoms with E-state index in [1.165, 1.54) is 0 Å². The highest BCUT2D eigenvalue weighted by Crippen LogP contribution is 2.34. The molecule has 0 spiro atoms. The lowest BCUT2D eigenvalue weighted by atomic mass is 10.1. The molecule has 2 aromatic carbocycles. The molecule has 148 valence electrons. The van der Waals surface area contributed by atoms with Gasteiger partial charge < -0.3 is 24.4 Å². The van der Waals surface area contributed by atoms with E-state index in [1.807, 2.05) is 25.1 Å². The summed E-state index contributed by atoms with van der Waals surface area (Å²) in [5.41, 5.74) is 2.21. The summed E-state index contributed by atoms with van der Waals surface area (Å²) >= 11 is 0. The molecule has 0 saturated carbocycles. The van der Waals surface area contributed by atoms with Crippen molar-refractivity contribution in [2.75, 3.05) is 38.1 Å². The number of amides is 2. The Hall–Kier alpha value is -3.22. The number of methoxy groups -OCH3 is 3. The first-order chi connectivity index (χ1) is 13.5. The van der Waals surface area contributed by atoms with Crippen LogP contribution in [0.25, 0.3) is 0 Å². The number of aryl methyl sites for hydroxylation is 1. The summed E-state index contributed by atoms with van der Waals surface area (Å²) in [6.45, 7) is 2.20. The highest BCUT2D eigenvalue weighted by molar-refractivity contribution is 6.03. The summed E-state index contributed by atoms with van der Waals surface area (Å²) in [4.78, 5) is 26.9. The number of anilines is 2. The summed E-state index contributed by atoms with van der Waals surface area (Å²) < 4.78 is 15.8. The molecule has 1 heterocycles. The van der Waals surface area contributed by atoms with Gasteiger partial charge in [0.2, 0.25) is 11.8 Å². The third-order valence-corrected chi connectivity index (χ3v) is 4.85. The Bertz CT molecular complexity index is 896. The average Bonchev–Trinajstić information content (AvgIpc) is 3.11. The molecule has 0 unspecified atom stereocenters. The zero-order valence-electron chi connectivity index (χ0n) is 16.4. The number of carbonyl (C=O) groups is 2. The minimum Gasteiger partial charge on any atom is -0.497 e. The van der Waals surface area contributed by atoms with E-state index in [-0.39, 0.29) is 18.2 Å². The van der Waals surface area contributed by atoms with Crippen LogP contribution in [0.15, 0.2) is 36.4 Å². The fourth-order valence-electron chi connectivity index (χ4n) is 3.26. The fraction of sp³-hybridized carbons (Fsp3) is 0.333. The predicted octanol–water partition coefficient (Wildman–Crippen LogP) is 3.01. The molecule has 7 nitrogen and oxygen atoms in total. The molecule has 1 aliphatic heterocycles. The van der Waals surface area contributed by atoms with E-state index in [9.17, 15) is 9.59 Å². The Balaban J connectivity index is 1.75. The molecule has 1 fully saturated rings. The van der Waals surface area contributed by atoms with Gasteiger partial charge in [-0.05, 0) is 30.7 Å². The van der Waals surface area contributed by atoms with Crippen molar-refractivity contribution in [3.05, 3.63) is 42.0 Å². The molecule has 0 aromatic heterocycles. The number of benzene rings is 2. The number of rotatable bonds is 6. The van der Waals surface area contributed by atoms with Crippen LogP contribution < -0.4 is 24.4 Å². The van der Waals surface area contributed by atoms with E-state index >= 15 is 0 Å². The SMILES string of the molecule is COc1cccc(N2C[C@@H](C(=O)Nc3cc(OC)c(OC)cc3C)CC2=O)c1. The predicted molar refractivity (Wildman–Crippen MR) is 106 cm³/mol. The number of carbonyl (C=O) groups excluding carboxylic acids is 2. The molecule has 3 rings (SSSR count). The van der Waals surface area contributed by atoms with Gasteiger partial charge in [0.1, 0.15) is 5.75 Å². The van der Waals surface area contributed by atoms with Gasteiger partial charge in [0, 0.05) is 36.5 Å². The monoisotopic (exact) mass is 384 g/mol. The molecule has 0 radical (unpaired) electrons. The minimum atomic E-state index is -0.439. The van der Waals surface area contributed by atoms with Crippen molar-refractivity contribution in [2.24, 2.45) is 5.92 Å². The molecular weight excluding hydrogens is 360 g/mol. The van der Waals surface area contributed by atoms with Crippen LogP contribution in [0.3, 0.4) is 0 Å². The zero-order valence-corrected chi connectivity index (χ0v) is 16.4. The zero-order chi connectivity index (χ0) is 20.3. The lowest BCUT2D eigenvalue weighted by molar-refractivity contribution is -0.122. The van der Waals surface area contributed by atoms with Crippen LogP contribution in [0.2, 0.25) is 0 Å². The standard InChI is InChI=1S/C21H24N2O5/c1-13-8-18(27-3)19(28-4)11-17(13)22-21(25)14-9-20(24)23(12-14)15-6-5-7-16(10-15)26-2/h5-8,10-11,14H,9,12H2,1-4H3,(H,22,25)/t14-/m0/s1. The highest BCUT2D eigenvalue weighted by atomic mass is 16.5. The third-order valence-electron chi connectivity index (χ3n) is 4.85. The van der Waals surface area contributed by atoms with Crippen LogP contribution in [-0.4, -0.2) is 39.7 Å². The molecule has 1 N–H and O–H groups in total. The Morgan fingerprint density at radius 1 is 1.07 bits per heavy atom. The molecule has 2 aromatic rings. The second-order valence-electron chi connectivity index (χ2n) is 6.62. The van der Waals surface area contributed by atoms with E-state index in [0.717, 1.165) is 11.3 Å². The molecule has 1 saturated heterocycles. The van der Waals surface area contributed by atoms with E-state index < -0.39 is 5.92 Å². The Morgan fingerprint density at radius 2 is 1.79 bits per heavy atom. The van der Waals surface area contributed by atoms with Gasteiger partial charge in [0.15, 0.2) is 11.5 Å². The smallest absolute Gasteiger partial charge is 0.229 e. The van der Waals surface area contributed by atoms with Crippen molar-refractivity contribution in [1.29, 1.82) is 0 Å². The normalized spacial score (nSPS) is 16.1. The molecule has 1 atom stereocenters. The molecule has 2 amide bonds. The van der Waals surface area contributed by atoms with Gasteiger partial charge in [-0.25, -0.2) is 0 Å². The van der Waals surface area contributed by atoms with Crippen molar-refractivity contribution in [2.45, 2.75) is 13.3 Å². The van der Waals surface area contributed by atoms with Crippen molar-refractivity contribution >= 4 is 23.2 Å². The molecule has 0 bridgehead atoms. The quantitative estimate of drug-likeness (QED) is 0.828. The second kappa shape index (κ2) is 8.21. The number of ether oxygens (including phenoxy) is 3. The van der Waals surface area contributed by atoms with E-state index in [2.05, 4.69) is 5.32 Å². The van der Waals surface area contributed by atoms with Gasteiger partial charge in [-0.1, -0.05) is 6.07 Å². The first kappa shape index (κ1) is 19.5. The van der Waals surface area contributed by atoms with Crippen LogP contribution in [0.4, 0.5) is 11.4 Å². The largest absolute Gasteiger partial charge is 0.497 e. The van der Waals surface area contributed by atoms with Gasteiger partial charge in [0.25, 0.3) is 0 Å². The number of nitrogens with one attached hydrogen (secondary N) is 1. The maximum absolute atomic E-state index is 12.8. The van der Waals surface area contributed by atoms with Crippen molar-refractivity contribution < 1.29 is 23.8 Å². The Kier molecular flexibility index (Phi) is 5.73. The number of nitrogens with zero attached hydrogens (tertiary/aromatic N) is 1. The van der Waals surface area contributed by atoms with Crippen LogP contribution in [0.1, 0.15) is 12.0 Å². The first-order valence-corrected chi connectivity index (χ1v) is 8.94. The van der Waals surface area contributed by atoms with Crippen molar-refractivity contribution in [1.82, 2.24) is 0 Å². The summed E-state index contributed by atoms with van der Waals surface area (Å²) in [5.74, 6) is 1.07. The van der Waals surface area contributed by atoms with Gasteiger partial charge in [0.05, 0.1) is 27.2 Å². The lowest BCUT2D eigenvalue weighted by Crippen LogP contribution is -2.28. The average molecular weight is 384 g/mol. The molecule has 1 aliphatic rings. The Labute approximate surface area is 164 Å². The van der Waals surface area contributed by atoms with Crippen LogP contribution in [0, 0.1) is 12.8 Å². The maximum atomic E-state index is 12.8. The van der Waals surface area contributed by atoms with Gasteiger partial charge in [-0.2, -0.15) is 0 Å². The van der Waals surface area contributed by atoms with Crippen molar-refractivity contribution in [3.63, 3.8) is 0 Å². The molecular formula is C21H24N2O5. The number of hydrogen-bond donors (Lipinski definition) is 1. The Morgan fingerprint density at radius 3 is 2.46 bits per heavy atom. The van der Waals surface area contributed by atoms with E-state index in [4.69, 9.17) is 14.2 Å². The van der Waals surface area contributed by atoms with Gasteiger partial charge in [-0.15, -0.1) is 0 Å². The third kappa shape index (κ3) is 3.88. The van der Waals surface area contributed by atoms with Crippen molar-refractivity contribution in [3.8, 4) is 17.2 Å². The summed E-state index contributed by atoms with van der Waals surface area (Å²) in [6, 6.07) is 10.8. The lowest BCUT2D eigenvalue weighted by Gasteiger charge is -2.18. The van der Waals surface area contributed by atoms with Gasteiger partial charge >= 0.3 is 0 Å². The fourth-order valence-corrected chi connectivity index (χ4v) is 3.26. The summed E-state index contributed by atoms with van der Waals surface area (Å²) in [6.07, 6.45) is 0.162. The second-order valence-corrected chi connectivity index (χ2v) is 6.62.